The molecule has 118 valence electrons. The molecule has 21 heavy (non-hydrogen) atoms. The molecule has 0 saturated carbocycles. The summed E-state index contributed by atoms with van der Waals surface area (Å²) in [7, 11) is -7.38. The fourth-order valence-corrected chi connectivity index (χ4v) is 4.69. The SMILES string of the molecule is Cc1ccc(C)c(S(=O)(=O)N2CCN(S(N)(=O)=O)CC2)c1. The Bertz CT molecular complexity index is 736. The number of sulfonamides is 1. The van der Waals surface area contributed by atoms with Crippen LogP contribution in [0.5, 0.6) is 0 Å². The highest BCUT2D eigenvalue weighted by Gasteiger charge is 2.32. The van der Waals surface area contributed by atoms with Crippen LogP contribution in [0.2, 0.25) is 0 Å². The van der Waals surface area contributed by atoms with Crippen LogP contribution in [0.15, 0.2) is 23.1 Å². The fraction of sp³-hybridized carbons (Fsp3) is 0.500. The first kappa shape index (κ1) is 16.4. The van der Waals surface area contributed by atoms with Gasteiger partial charge in [0.2, 0.25) is 10.0 Å². The summed E-state index contributed by atoms with van der Waals surface area (Å²) >= 11 is 0. The van der Waals surface area contributed by atoms with Crippen molar-refractivity contribution in [1.29, 1.82) is 0 Å². The van der Waals surface area contributed by atoms with Crippen LogP contribution in [0.3, 0.4) is 0 Å². The molecule has 0 amide bonds. The topological polar surface area (TPSA) is 101 Å². The van der Waals surface area contributed by atoms with Gasteiger partial charge in [0.1, 0.15) is 0 Å². The second kappa shape index (κ2) is 5.65. The van der Waals surface area contributed by atoms with E-state index in [0.717, 1.165) is 9.87 Å². The van der Waals surface area contributed by atoms with Crippen molar-refractivity contribution in [3.05, 3.63) is 29.3 Å². The van der Waals surface area contributed by atoms with Gasteiger partial charge >= 0.3 is 0 Å². The molecule has 1 fully saturated rings. The first-order valence-electron chi connectivity index (χ1n) is 6.47. The Hall–Kier alpha value is -1.00. The summed E-state index contributed by atoms with van der Waals surface area (Å²) in [6.45, 7) is 3.93. The standard InChI is InChI=1S/C12H19N3O4S2/c1-10-3-4-11(2)12(9-10)20(16,17)14-5-7-15(8-6-14)21(13,18)19/h3-4,9H,5-8H2,1-2H3,(H2,13,18,19). The molecule has 1 aliphatic heterocycles. The van der Waals surface area contributed by atoms with E-state index in [4.69, 9.17) is 5.14 Å². The van der Waals surface area contributed by atoms with Gasteiger partial charge in [0, 0.05) is 26.2 Å². The van der Waals surface area contributed by atoms with E-state index in [2.05, 4.69) is 0 Å². The highest BCUT2D eigenvalue weighted by atomic mass is 32.2. The van der Waals surface area contributed by atoms with Gasteiger partial charge in [-0.2, -0.15) is 17.0 Å². The molecule has 1 saturated heterocycles. The summed E-state index contributed by atoms with van der Waals surface area (Å²) in [6.07, 6.45) is 0. The third kappa shape index (κ3) is 3.43. The number of hydrogen-bond donors (Lipinski definition) is 1. The molecule has 1 aliphatic rings. The van der Waals surface area contributed by atoms with Crippen molar-refractivity contribution in [2.75, 3.05) is 26.2 Å². The van der Waals surface area contributed by atoms with Gasteiger partial charge in [-0.1, -0.05) is 12.1 Å². The molecule has 2 rings (SSSR count). The Labute approximate surface area is 125 Å². The minimum atomic E-state index is -3.76. The lowest BCUT2D eigenvalue weighted by Gasteiger charge is -2.32. The maximum absolute atomic E-state index is 12.6. The number of nitrogens with zero attached hydrogens (tertiary/aromatic N) is 2. The van der Waals surface area contributed by atoms with E-state index >= 15 is 0 Å². The van der Waals surface area contributed by atoms with Gasteiger partial charge in [-0.25, -0.2) is 13.6 Å². The zero-order chi connectivity index (χ0) is 15.8. The molecule has 1 aromatic rings. The molecule has 1 heterocycles. The summed E-state index contributed by atoms with van der Waals surface area (Å²) in [6, 6.07) is 5.26. The molecule has 1 aromatic carbocycles. The van der Waals surface area contributed by atoms with Crippen molar-refractivity contribution >= 4 is 20.2 Å². The molecule has 0 bridgehead atoms. The predicted molar refractivity (Wildman–Crippen MR) is 79.4 cm³/mol. The van der Waals surface area contributed by atoms with Crippen LogP contribution in [0.1, 0.15) is 11.1 Å². The molecule has 9 heteroatoms. The lowest BCUT2D eigenvalue weighted by atomic mass is 10.2. The minimum Gasteiger partial charge on any atom is -0.216 e. The molecule has 7 nitrogen and oxygen atoms in total. The molecule has 0 spiro atoms. The van der Waals surface area contributed by atoms with Crippen molar-refractivity contribution in [2.24, 2.45) is 5.14 Å². The van der Waals surface area contributed by atoms with E-state index in [1.165, 1.54) is 4.31 Å². The van der Waals surface area contributed by atoms with Crippen LogP contribution in [0.25, 0.3) is 0 Å². The summed E-state index contributed by atoms with van der Waals surface area (Å²) in [4.78, 5) is 0.270. The van der Waals surface area contributed by atoms with Crippen LogP contribution in [0.4, 0.5) is 0 Å². The molecule has 0 unspecified atom stereocenters. The zero-order valence-corrected chi connectivity index (χ0v) is 13.6. The first-order chi connectivity index (χ1) is 9.62. The smallest absolute Gasteiger partial charge is 0.216 e. The van der Waals surface area contributed by atoms with Crippen molar-refractivity contribution in [1.82, 2.24) is 8.61 Å². The van der Waals surface area contributed by atoms with E-state index < -0.39 is 20.2 Å². The lowest BCUT2D eigenvalue weighted by Crippen LogP contribution is -2.52. The van der Waals surface area contributed by atoms with E-state index in [1.807, 2.05) is 13.0 Å². The minimum absolute atomic E-state index is 0.0723. The van der Waals surface area contributed by atoms with Gasteiger partial charge < -0.3 is 0 Å². The summed E-state index contributed by atoms with van der Waals surface area (Å²) in [5.41, 5.74) is 1.54. The number of hydrogen-bond acceptors (Lipinski definition) is 4. The molecule has 0 aliphatic carbocycles. The molecule has 0 atom stereocenters. The third-order valence-corrected chi connectivity index (χ3v) is 6.64. The molecule has 0 aromatic heterocycles. The fourth-order valence-electron chi connectivity index (χ4n) is 2.29. The Morgan fingerprint density at radius 2 is 1.48 bits per heavy atom. The van der Waals surface area contributed by atoms with E-state index in [9.17, 15) is 16.8 Å². The van der Waals surface area contributed by atoms with Crippen molar-refractivity contribution in [3.63, 3.8) is 0 Å². The van der Waals surface area contributed by atoms with Crippen molar-refractivity contribution < 1.29 is 16.8 Å². The van der Waals surface area contributed by atoms with Gasteiger partial charge in [0.25, 0.3) is 10.2 Å². The third-order valence-electron chi connectivity index (χ3n) is 3.52. The monoisotopic (exact) mass is 333 g/mol. The van der Waals surface area contributed by atoms with Gasteiger partial charge in [0.05, 0.1) is 4.90 Å². The second-order valence-corrected chi connectivity index (χ2v) is 8.57. The molecule has 0 radical (unpaired) electrons. The van der Waals surface area contributed by atoms with E-state index in [0.29, 0.717) is 5.56 Å². The Morgan fingerprint density at radius 1 is 0.952 bits per heavy atom. The summed E-state index contributed by atoms with van der Waals surface area (Å²) in [5, 5.41) is 5.05. The second-order valence-electron chi connectivity index (χ2n) is 5.12. The van der Waals surface area contributed by atoms with Gasteiger partial charge in [-0.15, -0.1) is 0 Å². The Balaban J connectivity index is 2.25. The zero-order valence-electron chi connectivity index (χ0n) is 12.0. The van der Waals surface area contributed by atoms with Crippen LogP contribution >= 0.6 is 0 Å². The van der Waals surface area contributed by atoms with Crippen molar-refractivity contribution in [2.45, 2.75) is 18.7 Å². The number of benzene rings is 1. The Morgan fingerprint density at radius 3 is 2.00 bits per heavy atom. The molecular weight excluding hydrogens is 314 g/mol. The lowest BCUT2D eigenvalue weighted by molar-refractivity contribution is 0.273. The van der Waals surface area contributed by atoms with E-state index in [1.54, 1.807) is 19.1 Å². The Kier molecular flexibility index (Phi) is 4.41. The normalized spacial score (nSPS) is 18.8. The number of aryl methyl sites for hydroxylation is 2. The van der Waals surface area contributed by atoms with Gasteiger partial charge in [-0.3, -0.25) is 0 Å². The summed E-state index contributed by atoms with van der Waals surface area (Å²) in [5.74, 6) is 0. The number of rotatable bonds is 3. The maximum Gasteiger partial charge on any atom is 0.276 e. The van der Waals surface area contributed by atoms with Crippen molar-refractivity contribution in [3.8, 4) is 0 Å². The largest absolute Gasteiger partial charge is 0.276 e. The quantitative estimate of drug-likeness (QED) is 0.828. The average molecular weight is 333 g/mol. The molecule has 2 N–H and O–H groups in total. The van der Waals surface area contributed by atoms with E-state index in [-0.39, 0.29) is 31.1 Å². The summed E-state index contributed by atoms with van der Waals surface area (Å²) < 4.78 is 50.2. The predicted octanol–water partition coefficient (Wildman–Crippen LogP) is -0.187. The van der Waals surface area contributed by atoms with Crippen LogP contribution in [-0.2, 0) is 20.2 Å². The maximum atomic E-state index is 12.6. The van der Waals surface area contributed by atoms with Gasteiger partial charge in [0.15, 0.2) is 0 Å². The van der Waals surface area contributed by atoms with Crippen LogP contribution < -0.4 is 5.14 Å². The van der Waals surface area contributed by atoms with Crippen LogP contribution in [-0.4, -0.2) is 51.6 Å². The first-order valence-corrected chi connectivity index (χ1v) is 9.42. The molecular formula is C12H19N3O4S2. The van der Waals surface area contributed by atoms with Gasteiger partial charge in [-0.05, 0) is 31.0 Å². The number of nitrogens with two attached hydrogens (primary N) is 1. The highest BCUT2D eigenvalue weighted by molar-refractivity contribution is 7.89. The highest BCUT2D eigenvalue weighted by Crippen LogP contribution is 2.22. The average Bonchev–Trinajstić information content (AvgIpc) is 2.40. The number of piperazine rings is 1. The van der Waals surface area contributed by atoms with Crippen LogP contribution in [0, 0.1) is 13.8 Å².